The van der Waals surface area contributed by atoms with Crippen molar-refractivity contribution in [2.24, 2.45) is 4.99 Å². The number of halogens is 1. The fourth-order valence-electron chi connectivity index (χ4n) is 2.66. The van der Waals surface area contributed by atoms with Crippen molar-refractivity contribution >= 4 is 34.6 Å². The van der Waals surface area contributed by atoms with Gasteiger partial charge in [-0.05, 0) is 55.5 Å². The lowest BCUT2D eigenvalue weighted by atomic mass is 10.1. The summed E-state index contributed by atoms with van der Waals surface area (Å²) in [7, 11) is 0. The minimum absolute atomic E-state index is 0.199. The summed E-state index contributed by atoms with van der Waals surface area (Å²) in [6, 6.07) is 18.3. The molecule has 0 fully saturated rings. The van der Waals surface area contributed by atoms with Crippen molar-refractivity contribution < 1.29 is 9.52 Å². The third-order valence-corrected chi connectivity index (χ3v) is 4.21. The summed E-state index contributed by atoms with van der Waals surface area (Å²) in [5.74, 6) is 0.713. The van der Waals surface area contributed by atoms with Crippen molar-refractivity contribution in [1.29, 1.82) is 0 Å². The van der Waals surface area contributed by atoms with Crippen LogP contribution in [0.1, 0.15) is 11.1 Å². The van der Waals surface area contributed by atoms with E-state index in [4.69, 9.17) is 16.0 Å². The monoisotopic (exact) mass is 362 g/mol. The number of oxazole rings is 1. The highest BCUT2D eigenvalue weighted by Gasteiger charge is 2.09. The number of rotatable bonds is 3. The zero-order valence-corrected chi connectivity index (χ0v) is 14.7. The van der Waals surface area contributed by atoms with Gasteiger partial charge in [0, 0.05) is 22.4 Å². The number of aromatic nitrogens is 1. The largest absolute Gasteiger partial charge is 0.507 e. The molecule has 4 rings (SSSR count). The predicted molar refractivity (Wildman–Crippen MR) is 105 cm³/mol. The number of benzene rings is 3. The molecule has 0 amide bonds. The second kappa shape index (κ2) is 6.65. The molecule has 5 heteroatoms. The minimum atomic E-state index is 0.199. The number of nitrogens with zero attached hydrogens (tertiary/aromatic N) is 2. The van der Waals surface area contributed by atoms with E-state index in [0.717, 1.165) is 16.8 Å². The van der Waals surface area contributed by atoms with E-state index < -0.39 is 0 Å². The van der Waals surface area contributed by atoms with Gasteiger partial charge in [-0.15, -0.1) is 0 Å². The molecule has 1 N–H and O–H groups in total. The molecule has 0 unspecified atom stereocenters. The fraction of sp³-hybridized carbons (Fsp3) is 0.0476. The zero-order valence-electron chi connectivity index (χ0n) is 14.0. The van der Waals surface area contributed by atoms with E-state index in [1.807, 2.05) is 55.5 Å². The molecule has 26 heavy (non-hydrogen) atoms. The topological polar surface area (TPSA) is 58.6 Å². The summed E-state index contributed by atoms with van der Waals surface area (Å²) < 4.78 is 5.80. The van der Waals surface area contributed by atoms with Crippen molar-refractivity contribution in [3.8, 4) is 17.2 Å². The van der Waals surface area contributed by atoms with Gasteiger partial charge in [-0.2, -0.15) is 0 Å². The summed E-state index contributed by atoms with van der Waals surface area (Å²) in [6.45, 7) is 1.97. The average molecular weight is 363 g/mol. The molecule has 0 aliphatic carbocycles. The highest BCUT2D eigenvalue weighted by molar-refractivity contribution is 6.30. The Bertz CT molecular complexity index is 1130. The number of aromatic hydroxyl groups is 1. The number of phenols is 1. The summed E-state index contributed by atoms with van der Waals surface area (Å²) in [5.41, 5.74) is 4.67. The lowest BCUT2D eigenvalue weighted by molar-refractivity contribution is 0.474. The number of hydrogen-bond donors (Lipinski definition) is 1. The van der Waals surface area contributed by atoms with Crippen LogP contribution >= 0.6 is 11.6 Å². The minimum Gasteiger partial charge on any atom is -0.507 e. The summed E-state index contributed by atoms with van der Waals surface area (Å²) >= 11 is 6.03. The second-order valence-corrected chi connectivity index (χ2v) is 6.44. The molecule has 0 atom stereocenters. The van der Waals surface area contributed by atoms with Crippen LogP contribution in [-0.2, 0) is 0 Å². The molecular formula is C21H15ClN2O2. The normalized spacial score (nSPS) is 11.5. The Labute approximate surface area is 155 Å². The Morgan fingerprint density at radius 1 is 1.08 bits per heavy atom. The summed E-state index contributed by atoms with van der Waals surface area (Å²) in [5, 5.41) is 10.5. The molecule has 4 nitrogen and oxygen atoms in total. The van der Waals surface area contributed by atoms with Crippen LogP contribution < -0.4 is 0 Å². The maximum absolute atomic E-state index is 9.91. The molecule has 1 heterocycles. The van der Waals surface area contributed by atoms with Crippen molar-refractivity contribution in [3.05, 3.63) is 76.8 Å². The Balaban J connectivity index is 1.67. The molecular weight excluding hydrogens is 348 g/mol. The Hall–Kier alpha value is -3.11. The number of phenolic OH excluding ortho intramolecular Hbond substituents is 1. The first-order chi connectivity index (χ1) is 12.6. The highest BCUT2D eigenvalue weighted by Crippen LogP contribution is 2.28. The van der Waals surface area contributed by atoms with Gasteiger partial charge in [0.1, 0.15) is 11.3 Å². The molecule has 1 aromatic heterocycles. The van der Waals surface area contributed by atoms with Crippen molar-refractivity contribution in [1.82, 2.24) is 4.98 Å². The molecule has 0 aliphatic rings. The molecule has 0 radical (unpaired) electrons. The smallest absolute Gasteiger partial charge is 0.227 e. The van der Waals surface area contributed by atoms with Crippen LogP contribution in [0.2, 0.25) is 5.02 Å². The molecule has 0 bridgehead atoms. The molecule has 0 saturated carbocycles. The zero-order chi connectivity index (χ0) is 18.1. The third-order valence-electron chi connectivity index (χ3n) is 3.98. The maximum Gasteiger partial charge on any atom is 0.227 e. The van der Waals surface area contributed by atoms with E-state index in [2.05, 4.69) is 9.98 Å². The number of aryl methyl sites for hydroxylation is 1. The quantitative estimate of drug-likeness (QED) is 0.460. The van der Waals surface area contributed by atoms with Gasteiger partial charge in [-0.25, -0.2) is 4.98 Å². The Kier molecular flexibility index (Phi) is 4.19. The first kappa shape index (κ1) is 16.4. The lowest BCUT2D eigenvalue weighted by Gasteiger charge is -2.00. The fourth-order valence-corrected chi connectivity index (χ4v) is 2.85. The van der Waals surface area contributed by atoms with Gasteiger partial charge in [-0.1, -0.05) is 29.3 Å². The third kappa shape index (κ3) is 3.32. The van der Waals surface area contributed by atoms with E-state index >= 15 is 0 Å². The number of aliphatic imine (C=N–C) groups is 1. The first-order valence-corrected chi connectivity index (χ1v) is 8.46. The van der Waals surface area contributed by atoms with Crippen LogP contribution in [0.15, 0.2) is 70.1 Å². The summed E-state index contributed by atoms with van der Waals surface area (Å²) in [4.78, 5) is 8.96. The van der Waals surface area contributed by atoms with Gasteiger partial charge in [0.25, 0.3) is 0 Å². The number of hydrogen-bond acceptors (Lipinski definition) is 4. The SMILES string of the molecule is Cc1ccc(O)c(C=Nc2ccc3oc(-c4cccc(Cl)c4)nc3c2)c1. The maximum atomic E-state index is 9.91. The van der Waals surface area contributed by atoms with Crippen LogP contribution in [0, 0.1) is 6.92 Å². The van der Waals surface area contributed by atoms with Gasteiger partial charge < -0.3 is 9.52 Å². The van der Waals surface area contributed by atoms with Gasteiger partial charge in [-0.3, -0.25) is 4.99 Å². The molecule has 0 spiro atoms. The van der Waals surface area contributed by atoms with Crippen LogP contribution in [0.4, 0.5) is 5.69 Å². The first-order valence-electron chi connectivity index (χ1n) is 8.09. The van der Waals surface area contributed by atoms with E-state index in [-0.39, 0.29) is 5.75 Å². The number of fused-ring (bicyclic) bond motifs is 1. The van der Waals surface area contributed by atoms with E-state index in [9.17, 15) is 5.11 Å². The molecule has 128 valence electrons. The highest BCUT2D eigenvalue weighted by atomic mass is 35.5. The van der Waals surface area contributed by atoms with Gasteiger partial charge in [0.2, 0.25) is 5.89 Å². The van der Waals surface area contributed by atoms with Crippen LogP contribution in [-0.4, -0.2) is 16.3 Å². The van der Waals surface area contributed by atoms with Gasteiger partial charge in [0.15, 0.2) is 5.58 Å². The van der Waals surface area contributed by atoms with Gasteiger partial charge >= 0.3 is 0 Å². The van der Waals surface area contributed by atoms with Crippen molar-refractivity contribution in [2.45, 2.75) is 6.92 Å². The molecule has 4 aromatic rings. The van der Waals surface area contributed by atoms with E-state index in [0.29, 0.717) is 27.6 Å². The average Bonchev–Trinajstić information content (AvgIpc) is 3.06. The van der Waals surface area contributed by atoms with E-state index in [1.165, 1.54) is 0 Å². The molecule has 0 aliphatic heterocycles. The second-order valence-electron chi connectivity index (χ2n) is 6.00. The molecule has 0 saturated heterocycles. The van der Waals surface area contributed by atoms with Crippen molar-refractivity contribution in [2.75, 3.05) is 0 Å². The lowest BCUT2D eigenvalue weighted by Crippen LogP contribution is -1.83. The van der Waals surface area contributed by atoms with Gasteiger partial charge in [0.05, 0.1) is 5.69 Å². The summed E-state index contributed by atoms with van der Waals surface area (Å²) in [6.07, 6.45) is 1.64. The standard InChI is InChI=1S/C21H15ClN2O2/c1-13-5-7-19(25)15(9-13)12-23-17-6-8-20-18(11-17)24-21(26-20)14-3-2-4-16(22)10-14/h2-12,25H,1H3. The van der Waals surface area contributed by atoms with Crippen molar-refractivity contribution in [3.63, 3.8) is 0 Å². The van der Waals surface area contributed by atoms with Crippen LogP contribution in [0.5, 0.6) is 5.75 Å². The van der Waals surface area contributed by atoms with E-state index in [1.54, 1.807) is 18.3 Å². The molecule has 3 aromatic carbocycles. The Morgan fingerprint density at radius 3 is 2.81 bits per heavy atom. The van der Waals surface area contributed by atoms with Crippen LogP contribution in [0.3, 0.4) is 0 Å². The Morgan fingerprint density at radius 2 is 1.96 bits per heavy atom. The van der Waals surface area contributed by atoms with Crippen LogP contribution in [0.25, 0.3) is 22.6 Å². The predicted octanol–water partition coefficient (Wildman–Crippen LogP) is 5.91.